The van der Waals surface area contributed by atoms with E-state index in [0.29, 0.717) is 25.8 Å². The summed E-state index contributed by atoms with van der Waals surface area (Å²) in [6, 6.07) is 16.2. The van der Waals surface area contributed by atoms with Gasteiger partial charge in [0.25, 0.3) is 0 Å². The lowest BCUT2D eigenvalue weighted by atomic mass is 9.98. The lowest BCUT2D eigenvalue weighted by Crippen LogP contribution is -2.50. The van der Waals surface area contributed by atoms with E-state index in [1.165, 1.54) is 11.1 Å². The van der Waals surface area contributed by atoms with Crippen LogP contribution in [0.3, 0.4) is 0 Å². The average molecular weight is 465 g/mol. The largest absolute Gasteiger partial charge is 0.479 e. The molecule has 1 aliphatic heterocycles. The maximum atomic E-state index is 12.9. The van der Waals surface area contributed by atoms with Crippen LogP contribution >= 0.6 is 0 Å². The van der Waals surface area contributed by atoms with Gasteiger partial charge in [0.15, 0.2) is 6.10 Å². The van der Waals surface area contributed by atoms with E-state index in [1.54, 1.807) is 4.90 Å². The number of hydrogen-bond acceptors (Lipinski definition) is 5. The number of nitrogens with zero attached hydrogens (tertiary/aromatic N) is 1. The highest BCUT2D eigenvalue weighted by atomic mass is 16.5. The molecule has 0 bridgehead atoms. The Morgan fingerprint density at radius 2 is 1.71 bits per heavy atom. The van der Waals surface area contributed by atoms with Crippen molar-refractivity contribution in [3.8, 4) is 11.1 Å². The van der Waals surface area contributed by atoms with Gasteiger partial charge in [-0.25, -0.2) is 9.59 Å². The Balaban J connectivity index is 1.14. The van der Waals surface area contributed by atoms with E-state index in [9.17, 15) is 14.4 Å². The number of fused-ring (bicyclic) bond motifs is 3. The molecule has 8 heteroatoms. The number of alkyl carbamates (subject to hydrolysis) is 1. The number of carboxylic acids is 1. The lowest BCUT2D eigenvalue weighted by Gasteiger charge is -2.32. The molecule has 8 nitrogen and oxygen atoms in total. The fourth-order valence-electron chi connectivity index (χ4n) is 5.40. The average Bonchev–Trinajstić information content (AvgIpc) is 3.45. The Hall–Kier alpha value is -3.39. The van der Waals surface area contributed by atoms with Crippen molar-refractivity contribution < 1.29 is 29.0 Å². The highest BCUT2D eigenvalue weighted by Gasteiger charge is 2.37. The van der Waals surface area contributed by atoms with Crippen LogP contribution in [0.15, 0.2) is 48.5 Å². The zero-order chi connectivity index (χ0) is 23.7. The van der Waals surface area contributed by atoms with Gasteiger partial charge in [0.2, 0.25) is 5.91 Å². The molecule has 34 heavy (non-hydrogen) atoms. The van der Waals surface area contributed by atoms with E-state index in [-0.39, 0.29) is 43.5 Å². The molecule has 1 saturated heterocycles. The normalized spacial score (nSPS) is 23.8. The Morgan fingerprint density at radius 1 is 1.03 bits per heavy atom. The van der Waals surface area contributed by atoms with Crippen LogP contribution in [0, 0.1) is 5.92 Å². The van der Waals surface area contributed by atoms with Gasteiger partial charge >= 0.3 is 12.1 Å². The van der Waals surface area contributed by atoms with Gasteiger partial charge in [-0.1, -0.05) is 48.5 Å². The highest BCUT2D eigenvalue weighted by molar-refractivity contribution is 5.81. The number of hydrogen-bond donors (Lipinski definition) is 2. The molecule has 0 radical (unpaired) electrons. The van der Waals surface area contributed by atoms with Crippen molar-refractivity contribution in [2.24, 2.45) is 5.92 Å². The molecule has 2 aromatic carbocycles. The summed E-state index contributed by atoms with van der Waals surface area (Å²) in [4.78, 5) is 38.2. The summed E-state index contributed by atoms with van der Waals surface area (Å²) in [5.74, 6) is -1.35. The molecule has 5 rings (SSSR count). The minimum absolute atomic E-state index is 0.000411. The van der Waals surface area contributed by atoms with Gasteiger partial charge in [-0.2, -0.15) is 0 Å². The summed E-state index contributed by atoms with van der Waals surface area (Å²) < 4.78 is 10.8. The van der Waals surface area contributed by atoms with Crippen molar-refractivity contribution >= 4 is 18.0 Å². The number of amides is 2. The molecule has 3 aliphatic rings. The number of carbonyl (C=O) groups is 3. The van der Waals surface area contributed by atoms with E-state index in [4.69, 9.17) is 14.6 Å². The summed E-state index contributed by atoms with van der Waals surface area (Å²) in [5, 5.41) is 12.1. The van der Waals surface area contributed by atoms with Crippen LogP contribution < -0.4 is 5.32 Å². The van der Waals surface area contributed by atoms with Crippen LogP contribution in [0.4, 0.5) is 4.79 Å². The van der Waals surface area contributed by atoms with E-state index in [1.807, 2.05) is 24.3 Å². The Morgan fingerprint density at radius 3 is 2.38 bits per heavy atom. The quantitative estimate of drug-likeness (QED) is 0.705. The molecule has 1 heterocycles. The van der Waals surface area contributed by atoms with Gasteiger partial charge in [0, 0.05) is 24.4 Å². The second kappa shape index (κ2) is 9.46. The van der Waals surface area contributed by atoms with Crippen molar-refractivity contribution in [3.63, 3.8) is 0 Å². The van der Waals surface area contributed by atoms with Crippen molar-refractivity contribution in [1.29, 1.82) is 0 Å². The Bertz CT molecular complexity index is 1060. The third-order valence-electron chi connectivity index (χ3n) is 7.10. The molecule has 2 aliphatic carbocycles. The van der Waals surface area contributed by atoms with Crippen LogP contribution in [-0.2, 0) is 19.1 Å². The first-order chi connectivity index (χ1) is 16.5. The van der Waals surface area contributed by atoms with Gasteiger partial charge in [-0.05, 0) is 41.5 Å². The molecular formula is C26H28N2O6. The third-order valence-corrected chi connectivity index (χ3v) is 7.10. The molecule has 0 spiro atoms. The molecule has 2 amide bonds. The number of nitrogens with one attached hydrogen (secondary N) is 1. The standard InChI is InChI=1S/C26H28N2O6/c29-24(28-11-12-33-23(14-28)25(30)31)16-9-10-17(13-16)27-26(32)34-15-22-20-7-3-1-5-18(20)19-6-2-4-8-21(19)22/h1-8,16-17,22-23H,9-15H2,(H,27,32)(H,30,31)/t16-,17+,23?/m0/s1. The van der Waals surface area contributed by atoms with E-state index >= 15 is 0 Å². The molecular weight excluding hydrogens is 436 g/mol. The van der Waals surface area contributed by atoms with Crippen molar-refractivity contribution in [2.45, 2.75) is 37.3 Å². The van der Waals surface area contributed by atoms with Crippen molar-refractivity contribution in [1.82, 2.24) is 10.2 Å². The summed E-state index contributed by atoms with van der Waals surface area (Å²) in [6.45, 7) is 0.925. The molecule has 2 N–H and O–H groups in total. The second-order valence-electron chi connectivity index (χ2n) is 9.16. The molecule has 178 valence electrons. The number of aliphatic carboxylic acids is 1. The number of rotatable bonds is 5. The molecule has 2 fully saturated rings. The summed E-state index contributed by atoms with van der Waals surface area (Å²) >= 11 is 0. The van der Waals surface area contributed by atoms with E-state index in [0.717, 1.165) is 11.1 Å². The van der Waals surface area contributed by atoms with E-state index in [2.05, 4.69) is 29.6 Å². The summed E-state index contributed by atoms with van der Waals surface area (Å²) in [5.41, 5.74) is 4.68. The molecule has 3 atom stereocenters. The minimum Gasteiger partial charge on any atom is -0.479 e. The number of carbonyl (C=O) groups excluding carboxylic acids is 2. The van der Waals surface area contributed by atoms with Gasteiger partial charge < -0.3 is 24.8 Å². The molecule has 2 aromatic rings. The minimum atomic E-state index is -1.06. The van der Waals surface area contributed by atoms with Crippen LogP contribution in [0.5, 0.6) is 0 Å². The number of carboxylic acid groups (broad SMARTS) is 1. The first-order valence-corrected chi connectivity index (χ1v) is 11.8. The lowest BCUT2D eigenvalue weighted by molar-refractivity contribution is -0.160. The SMILES string of the molecule is O=C(N[C@@H]1CC[C@H](C(=O)N2CCOC(C(=O)O)C2)C1)OCC1c2ccccc2-c2ccccc21. The molecule has 1 saturated carbocycles. The maximum absolute atomic E-state index is 12.9. The number of morpholine rings is 1. The first-order valence-electron chi connectivity index (χ1n) is 11.8. The molecule has 1 unspecified atom stereocenters. The van der Waals surface area contributed by atoms with Crippen molar-refractivity contribution in [3.05, 3.63) is 59.7 Å². The maximum Gasteiger partial charge on any atom is 0.407 e. The first kappa shape index (κ1) is 22.4. The van der Waals surface area contributed by atoms with Gasteiger partial charge in [0.05, 0.1) is 13.2 Å². The summed E-state index contributed by atoms with van der Waals surface area (Å²) in [7, 11) is 0. The summed E-state index contributed by atoms with van der Waals surface area (Å²) in [6.07, 6.45) is 0.416. The van der Waals surface area contributed by atoms with Crippen LogP contribution in [0.25, 0.3) is 11.1 Å². The van der Waals surface area contributed by atoms with E-state index < -0.39 is 18.2 Å². The van der Waals surface area contributed by atoms with Gasteiger partial charge in [-0.3, -0.25) is 4.79 Å². The smallest absolute Gasteiger partial charge is 0.407 e. The zero-order valence-electron chi connectivity index (χ0n) is 18.8. The predicted octanol–water partition coefficient (Wildman–Crippen LogP) is 3.01. The van der Waals surface area contributed by atoms with Crippen molar-refractivity contribution in [2.75, 3.05) is 26.3 Å². The monoisotopic (exact) mass is 464 g/mol. The zero-order valence-corrected chi connectivity index (χ0v) is 18.8. The van der Waals surface area contributed by atoms with Crippen LogP contribution in [0.2, 0.25) is 0 Å². The fourth-order valence-corrected chi connectivity index (χ4v) is 5.40. The Kier molecular flexibility index (Phi) is 6.24. The second-order valence-corrected chi connectivity index (χ2v) is 9.16. The Labute approximate surface area is 197 Å². The highest BCUT2D eigenvalue weighted by Crippen LogP contribution is 2.44. The third kappa shape index (κ3) is 4.37. The van der Waals surface area contributed by atoms with Crippen LogP contribution in [0.1, 0.15) is 36.3 Å². The predicted molar refractivity (Wildman–Crippen MR) is 123 cm³/mol. The van der Waals surface area contributed by atoms with Crippen LogP contribution in [-0.4, -0.2) is 66.4 Å². The van der Waals surface area contributed by atoms with Gasteiger partial charge in [0.1, 0.15) is 6.61 Å². The fraction of sp³-hybridized carbons (Fsp3) is 0.423. The topological polar surface area (TPSA) is 105 Å². The van der Waals surface area contributed by atoms with Gasteiger partial charge in [-0.15, -0.1) is 0 Å². The number of benzene rings is 2. The molecule has 0 aromatic heterocycles. The number of ether oxygens (including phenoxy) is 2.